The summed E-state index contributed by atoms with van der Waals surface area (Å²) in [7, 11) is 0. The fraction of sp³-hybridized carbons (Fsp3) is 0.524. The second-order valence-electron chi connectivity index (χ2n) is 7.86. The zero-order valence-electron chi connectivity index (χ0n) is 16.2. The third-order valence-electron chi connectivity index (χ3n) is 5.62. The van der Waals surface area contributed by atoms with Crippen molar-refractivity contribution >= 4 is 22.5 Å². The van der Waals surface area contributed by atoms with Gasteiger partial charge in [-0.1, -0.05) is 36.6 Å². The van der Waals surface area contributed by atoms with Crippen LogP contribution >= 0.6 is 11.3 Å². The molecule has 4 rings (SSSR count). The van der Waals surface area contributed by atoms with Crippen molar-refractivity contribution in [3.05, 3.63) is 45.5 Å². The van der Waals surface area contributed by atoms with Gasteiger partial charge in [-0.2, -0.15) is 0 Å². The Morgan fingerprint density at radius 1 is 1.30 bits per heavy atom. The van der Waals surface area contributed by atoms with E-state index in [9.17, 15) is 4.79 Å². The Morgan fingerprint density at radius 2 is 2.11 bits per heavy atom. The minimum absolute atomic E-state index is 0.111. The van der Waals surface area contributed by atoms with Gasteiger partial charge in [-0.15, -0.1) is 11.3 Å². The number of rotatable bonds is 4. The van der Waals surface area contributed by atoms with E-state index in [1.54, 1.807) is 11.3 Å². The molecule has 5 nitrogen and oxygen atoms in total. The van der Waals surface area contributed by atoms with E-state index in [1.165, 1.54) is 34.4 Å². The molecule has 1 aromatic carbocycles. The number of hydrogen-bond acceptors (Lipinski definition) is 4. The number of anilines is 1. The van der Waals surface area contributed by atoms with Gasteiger partial charge in [0.1, 0.15) is 0 Å². The molecule has 2 amide bonds. The van der Waals surface area contributed by atoms with Crippen LogP contribution in [0.2, 0.25) is 0 Å². The van der Waals surface area contributed by atoms with E-state index in [2.05, 4.69) is 52.6 Å². The third kappa shape index (κ3) is 4.50. The summed E-state index contributed by atoms with van der Waals surface area (Å²) >= 11 is 1.62. The summed E-state index contributed by atoms with van der Waals surface area (Å²) in [5.74, 6) is 0. The van der Waals surface area contributed by atoms with E-state index in [0.717, 1.165) is 49.7 Å². The van der Waals surface area contributed by atoms with E-state index in [4.69, 9.17) is 0 Å². The van der Waals surface area contributed by atoms with Gasteiger partial charge in [0, 0.05) is 37.0 Å². The van der Waals surface area contributed by atoms with Crippen LogP contribution in [0.1, 0.15) is 52.9 Å². The van der Waals surface area contributed by atoms with Gasteiger partial charge >= 0.3 is 6.03 Å². The first-order valence-corrected chi connectivity index (χ1v) is 10.7. The lowest BCUT2D eigenvalue weighted by atomic mass is 10.0. The van der Waals surface area contributed by atoms with E-state index >= 15 is 0 Å². The van der Waals surface area contributed by atoms with Gasteiger partial charge in [0.25, 0.3) is 0 Å². The normalized spacial score (nSPS) is 17.7. The predicted molar refractivity (Wildman–Crippen MR) is 110 cm³/mol. The molecule has 1 saturated carbocycles. The summed E-state index contributed by atoms with van der Waals surface area (Å²) in [4.78, 5) is 20.6. The number of hydrogen-bond donors (Lipinski definition) is 2. The Kier molecular flexibility index (Phi) is 5.45. The molecule has 27 heavy (non-hydrogen) atoms. The molecule has 0 atom stereocenters. The smallest absolute Gasteiger partial charge is 0.321 e. The van der Waals surface area contributed by atoms with Crippen LogP contribution in [0, 0.1) is 13.8 Å². The molecule has 2 heterocycles. The summed E-state index contributed by atoms with van der Waals surface area (Å²) in [6.07, 6.45) is 5.56. The number of benzene rings is 1. The first-order valence-electron chi connectivity index (χ1n) is 9.91. The molecule has 2 aromatic rings. The summed E-state index contributed by atoms with van der Waals surface area (Å²) in [5, 5.41) is 6.74. The summed E-state index contributed by atoms with van der Waals surface area (Å²) < 4.78 is 0. The number of aryl methyl sites for hydroxylation is 2. The number of carbonyl (C=O) groups is 1. The monoisotopic (exact) mass is 384 g/mol. The van der Waals surface area contributed by atoms with Crippen molar-refractivity contribution in [1.29, 1.82) is 0 Å². The molecule has 1 aliphatic heterocycles. The van der Waals surface area contributed by atoms with Gasteiger partial charge in [0.15, 0.2) is 5.13 Å². The standard InChI is InChI=1S/C21H28N4OS/c1-14-7-8-15(2)16(11-14)12-25-10-9-18-19(13-25)27-21(23-18)24-20(26)22-17-5-3-4-6-17/h7-8,11,17H,3-6,9-10,12-13H2,1-2H3,(H2,22,23,24,26). The second kappa shape index (κ2) is 7.98. The van der Waals surface area contributed by atoms with E-state index in [-0.39, 0.29) is 6.03 Å². The highest BCUT2D eigenvalue weighted by molar-refractivity contribution is 7.15. The van der Waals surface area contributed by atoms with Crippen LogP contribution in [0.3, 0.4) is 0 Å². The number of thiazole rings is 1. The van der Waals surface area contributed by atoms with Crippen LogP contribution in [0.25, 0.3) is 0 Å². The molecule has 2 N–H and O–H groups in total. The zero-order valence-corrected chi connectivity index (χ0v) is 17.0. The zero-order chi connectivity index (χ0) is 18.8. The lowest BCUT2D eigenvalue weighted by Crippen LogP contribution is -2.36. The van der Waals surface area contributed by atoms with Crippen molar-refractivity contribution in [1.82, 2.24) is 15.2 Å². The van der Waals surface area contributed by atoms with Crippen molar-refractivity contribution < 1.29 is 4.79 Å². The van der Waals surface area contributed by atoms with E-state index < -0.39 is 0 Å². The molecule has 0 unspecified atom stereocenters. The minimum atomic E-state index is -0.111. The van der Waals surface area contributed by atoms with E-state index in [0.29, 0.717) is 6.04 Å². The number of carbonyl (C=O) groups excluding carboxylic acids is 1. The minimum Gasteiger partial charge on any atom is -0.335 e. The highest BCUT2D eigenvalue weighted by atomic mass is 32.1. The molecule has 1 aromatic heterocycles. The fourth-order valence-electron chi connectivity index (χ4n) is 4.04. The van der Waals surface area contributed by atoms with Crippen LogP contribution in [-0.2, 0) is 19.5 Å². The molecule has 1 fully saturated rings. The van der Waals surface area contributed by atoms with Gasteiger partial charge in [0.2, 0.25) is 0 Å². The summed E-state index contributed by atoms with van der Waals surface area (Å²) in [5.41, 5.74) is 5.21. The second-order valence-corrected chi connectivity index (χ2v) is 8.94. The summed E-state index contributed by atoms with van der Waals surface area (Å²) in [6.45, 7) is 7.22. The lowest BCUT2D eigenvalue weighted by Gasteiger charge is -2.26. The third-order valence-corrected chi connectivity index (χ3v) is 6.62. The first kappa shape index (κ1) is 18.4. The highest BCUT2D eigenvalue weighted by Gasteiger charge is 2.23. The Labute approximate surface area is 165 Å². The van der Waals surface area contributed by atoms with E-state index in [1.807, 2.05) is 0 Å². The van der Waals surface area contributed by atoms with Crippen LogP contribution in [0.5, 0.6) is 0 Å². The van der Waals surface area contributed by atoms with Crippen LogP contribution in [0.4, 0.5) is 9.93 Å². The maximum absolute atomic E-state index is 12.2. The Morgan fingerprint density at radius 3 is 2.93 bits per heavy atom. The fourth-order valence-corrected chi connectivity index (χ4v) is 5.08. The van der Waals surface area contributed by atoms with Gasteiger partial charge < -0.3 is 5.32 Å². The first-order chi connectivity index (χ1) is 13.1. The summed E-state index contributed by atoms with van der Waals surface area (Å²) in [6, 6.07) is 6.88. The van der Waals surface area contributed by atoms with Crippen molar-refractivity contribution in [3.8, 4) is 0 Å². The van der Waals surface area contributed by atoms with Gasteiger partial charge in [-0.05, 0) is 37.8 Å². The maximum Gasteiger partial charge on any atom is 0.321 e. The quantitative estimate of drug-likeness (QED) is 0.822. The molecule has 0 saturated heterocycles. The number of urea groups is 1. The van der Waals surface area contributed by atoms with Gasteiger partial charge in [-0.3, -0.25) is 10.2 Å². The van der Waals surface area contributed by atoms with Crippen molar-refractivity contribution in [3.63, 3.8) is 0 Å². The molecule has 2 aliphatic rings. The average molecular weight is 385 g/mol. The van der Waals surface area contributed by atoms with Crippen molar-refractivity contribution in [2.24, 2.45) is 0 Å². The van der Waals surface area contributed by atoms with Crippen molar-refractivity contribution in [2.45, 2.75) is 65.1 Å². The molecule has 144 valence electrons. The molecule has 1 aliphatic carbocycles. The highest BCUT2D eigenvalue weighted by Crippen LogP contribution is 2.29. The van der Waals surface area contributed by atoms with Crippen LogP contribution in [-0.4, -0.2) is 28.5 Å². The molecule has 0 bridgehead atoms. The van der Waals surface area contributed by atoms with Crippen LogP contribution < -0.4 is 10.6 Å². The SMILES string of the molecule is Cc1ccc(C)c(CN2CCc3nc(NC(=O)NC4CCCC4)sc3C2)c1. The largest absolute Gasteiger partial charge is 0.335 e. The number of amides is 2. The van der Waals surface area contributed by atoms with Crippen molar-refractivity contribution in [2.75, 3.05) is 11.9 Å². The molecule has 0 radical (unpaired) electrons. The Balaban J connectivity index is 1.37. The average Bonchev–Trinajstić information content (AvgIpc) is 3.26. The Bertz CT molecular complexity index is 826. The predicted octanol–water partition coefficient (Wildman–Crippen LogP) is 4.38. The number of nitrogens with zero attached hydrogens (tertiary/aromatic N) is 2. The molecular formula is C21H28N4OS. The number of fused-ring (bicyclic) bond motifs is 1. The van der Waals surface area contributed by atoms with Crippen LogP contribution in [0.15, 0.2) is 18.2 Å². The maximum atomic E-state index is 12.2. The molecule has 0 spiro atoms. The number of aromatic nitrogens is 1. The molecule has 6 heteroatoms. The number of nitrogens with one attached hydrogen (secondary N) is 2. The van der Waals surface area contributed by atoms with Gasteiger partial charge in [-0.25, -0.2) is 9.78 Å². The topological polar surface area (TPSA) is 57.3 Å². The Hall–Kier alpha value is -1.92. The lowest BCUT2D eigenvalue weighted by molar-refractivity contribution is 0.246. The molecular weight excluding hydrogens is 356 g/mol. The van der Waals surface area contributed by atoms with Gasteiger partial charge in [0.05, 0.1) is 5.69 Å².